The van der Waals surface area contributed by atoms with E-state index in [9.17, 15) is 14.9 Å². The van der Waals surface area contributed by atoms with Gasteiger partial charge in [-0.2, -0.15) is 0 Å². The summed E-state index contributed by atoms with van der Waals surface area (Å²) in [6.45, 7) is 4.13. The van der Waals surface area contributed by atoms with Crippen LogP contribution in [0.1, 0.15) is 37.0 Å². The van der Waals surface area contributed by atoms with Crippen LogP contribution >= 0.6 is 0 Å². The van der Waals surface area contributed by atoms with E-state index >= 15 is 0 Å². The fourth-order valence-corrected chi connectivity index (χ4v) is 1.83. The van der Waals surface area contributed by atoms with Crippen molar-refractivity contribution in [1.29, 1.82) is 0 Å². The zero-order chi connectivity index (χ0) is 16.0. The third-order valence-corrected chi connectivity index (χ3v) is 3.65. The van der Waals surface area contributed by atoms with Gasteiger partial charge in [-0.15, -0.1) is 0 Å². The number of nitrogens with one attached hydrogen (secondary N) is 1. The Morgan fingerprint density at radius 2 is 2.05 bits per heavy atom. The molecule has 0 heterocycles. The molecule has 1 aromatic carbocycles. The average Bonchev–Trinajstić information content (AvgIpc) is 2.51. The molecule has 7 heteroatoms. The molecule has 0 radical (unpaired) electrons. The van der Waals surface area contributed by atoms with Gasteiger partial charge in [0.15, 0.2) is 0 Å². The molecule has 0 bridgehead atoms. The Labute approximate surface area is 123 Å². The summed E-state index contributed by atoms with van der Waals surface area (Å²) in [5, 5.41) is 13.7. The fraction of sp³-hybridized carbons (Fsp3) is 0.500. The van der Waals surface area contributed by atoms with Crippen LogP contribution in [-0.4, -0.2) is 30.0 Å². The molecule has 0 aromatic heterocycles. The number of ether oxygens (including phenoxy) is 1. The fourth-order valence-electron chi connectivity index (χ4n) is 1.83. The second-order valence-corrected chi connectivity index (χ2v) is 4.89. The zero-order valence-corrected chi connectivity index (χ0v) is 12.5. The van der Waals surface area contributed by atoms with E-state index < -0.39 is 16.4 Å². The van der Waals surface area contributed by atoms with Crippen molar-refractivity contribution in [2.45, 2.75) is 32.2 Å². The number of carbonyl (C=O) groups is 1. The number of carbonyl (C=O) groups excluding carboxylic acids is 1. The van der Waals surface area contributed by atoms with E-state index in [4.69, 9.17) is 10.5 Å². The summed E-state index contributed by atoms with van der Waals surface area (Å²) < 4.78 is 5.00. The van der Waals surface area contributed by atoms with E-state index in [1.807, 2.05) is 13.8 Å². The second-order valence-electron chi connectivity index (χ2n) is 4.89. The monoisotopic (exact) mass is 295 g/mol. The molecule has 7 nitrogen and oxygen atoms in total. The van der Waals surface area contributed by atoms with Crippen molar-refractivity contribution in [1.82, 2.24) is 5.32 Å². The lowest BCUT2D eigenvalue weighted by Crippen LogP contribution is -2.49. The Kier molecular flexibility index (Phi) is 5.66. The summed E-state index contributed by atoms with van der Waals surface area (Å²) in [5.74, 6) is -0.145. The maximum absolute atomic E-state index is 12.2. The van der Waals surface area contributed by atoms with Gasteiger partial charge in [-0.25, -0.2) is 0 Å². The molecule has 0 unspecified atom stereocenters. The number of benzene rings is 1. The van der Waals surface area contributed by atoms with Crippen LogP contribution in [0.25, 0.3) is 0 Å². The lowest BCUT2D eigenvalue weighted by Gasteiger charge is -2.26. The summed E-state index contributed by atoms with van der Waals surface area (Å²) in [7, 11) is 1.43. The number of amides is 1. The van der Waals surface area contributed by atoms with Crippen LogP contribution in [0.3, 0.4) is 0 Å². The van der Waals surface area contributed by atoms with E-state index in [1.54, 1.807) is 0 Å². The number of hydrogen-bond acceptors (Lipinski definition) is 5. The van der Waals surface area contributed by atoms with Gasteiger partial charge in [0.1, 0.15) is 11.3 Å². The Bertz CT molecular complexity index is 527. The molecule has 0 atom stereocenters. The molecular weight excluding hydrogens is 274 g/mol. The van der Waals surface area contributed by atoms with Crippen molar-refractivity contribution in [3.05, 3.63) is 33.9 Å². The highest BCUT2D eigenvalue weighted by Crippen LogP contribution is 2.24. The molecule has 0 saturated carbocycles. The van der Waals surface area contributed by atoms with Crippen molar-refractivity contribution in [3.8, 4) is 5.75 Å². The number of hydrogen-bond donors (Lipinski definition) is 2. The highest BCUT2D eigenvalue weighted by atomic mass is 16.6. The number of nitrogens with zero attached hydrogens (tertiary/aromatic N) is 1. The Morgan fingerprint density at radius 1 is 1.43 bits per heavy atom. The van der Waals surface area contributed by atoms with Crippen LogP contribution in [-0.2, 0) is 0 Å². The predicted octanol–water partition coefficient (Wildman–Crippen LogP) is 1.85. The van der Waals surface area contributed by atoms with E-state index in [0.29, 0.717) is 18.6 Å². The van der Waals surface area contributed by atoms with E-state index in [1.165, 1.54) is 25.3 Å². The standard InChI is InChI=1S/C14H21N3O4/c1-4-14(15,5-2)9-16-13(18)11-8-10(21-3)6-7-12(11)17(19)20/h6-8H,4-5,9,15H2,1-3H3,(H,16,18). The topological polar surface area (TPSA) is 107 Å². The smallest absolute Gasteiger partial charge is 0.282 e. The molecule has 3 N–H and O–H groups in total. The first kappa shape index (κ1) is 16.9. The van der Waals surface area contributed by atoms with Gasteiger partial charge in [0.2, 0.25) is 0 Å². The first-order valence-corrected chi connectivity index (χ1v) is 6.76. The molecule has 0 saturated heterocycles. The highest BCUT2D eigenvalue weighted by molar-refractivity contribution is 5.98. The number of nitrogens with two attached hydrogens (primary N) is 1. The van der Waals surface area contributed by atoms with Crippen LogP contribution in [0, 0.1) is 10.1 Å². The van der Waals surface area contributed by atoms with Crippen LogP contribution < -0.4 is 15.8 Å². The van der Waals surface area contributed by atoms with Gasteiger partial charge in [0.25, 0.3) is 11.6 Å². The molecule has 1 aromatic rings. The minimum atomic E-state index is -0.594. The summed E-state index contributed by atoms with van der Waals surface area (Å²) in [6, 6.07) is 4.05. The number of nitro groups is 1. The van der Waals surface area contributed by atoms with E-state index in [0.717, 1.165) is 0 Å². The quantitative estimate of drug-likeness (QED) is 0.589. The summed E-state index contributed by atoms with van der Waals surface area (Å²) in [6.07, 6.45) is 1.40. The Morgan fingerprint density at radius 3 is 2.52 bits per heavy atom. The number of rotatable bonds is 7. The Hall–Kier alpha value is -2.15. The Balaban J connectivity index is 2.98. The van der Waals surface area contributed by atoms with Crippen LogP contribution in [0.15, 0.2) is 18.2 Å². The SMILES string of the molecule is CCC(N)(CC)CNC(=O)c1cc(OC)ccc1[N+](=O)[O-]. The van der Waals surface area contributed by atoms with Gasteiger partial charge in [-0.3, -0.25) is 14.9 Å². The van der Waals surface area contributed by atoms with Gasteiger partial charge in [-0.05, 0) is 25.0 Å². The molecule has 0 aliphatic heterocycles. The number of methoxy groups -OCH3 is 1. The highest BCUT2D eigenvalue weighted by Gasteiger charge is 2.25. The summed E-state index contributed by atoms with van der Waals surface area (Å²) in [5.41, 5.74) is 5.30. The molecule has 0 aliphatic rings. The zero-order valence-electron chi connectivity index (χ0n) is 12.5. The van der Waals surface area contributed by atoms with E-state index in [2.05, 4.69) is 5.32 Å². The van der Waals surface area contributed by atoms with Gasteiger partial charge < -0.3 is 15.8 Å². The summed E-state index contributed by atoms with van der Waals surface area (Å²) >= 11 is 0. The molecule has 0 aliphatic carbocycles. The molecule has 21 heavy (non-hydrogen) atoms. The largest absolute Gasteiger partial charge is 0.497 e. The first-order valence-electron chi connectivity index (χ1n) is 6.76. The van der Waals surface area contributed by atoms with Gasteiger partial charge in [0.05, 0.1) is 12.0 Å². The number of nitro benzene ring substituents is 1. The summed E-state index contributed by atoms with van der Waals surface area (Å²) in [4.78, 5) is 22.6. The predicted molar refractivity (Wildman–Crippen MR) is 79.5 cm³/mol. The van der Waals surface area contributed by atoms with Crippen LogP contribution in [0.4, 0.5) is 5.69 Å². The first-order chi connectivity index (χ1) is 9.86. The minimum Gasteiger partial charge on any atom is -0.497 e. The van der Waals surface area contributed by atoms with Crippen molar-refractivity contribution >= 4 is 11.6 Å². The van der Waals surface area contributed by atoms with E-state index in [-0.39, 0.29) is 17.8 Å². The molecule has 116 valence electrons. The molecule has 0 spiro atoms. The van der Waals surface area contributed by atoms with Gasteiger partial charge in [0, 0.05) is 18.2 Å². The molecule has 1 amide bonds. The normalized spacial score (nSPS) is 11.0. The van der Waals surface area contributed by atoms with Crippen LogP contribution in [0.2, 0.25) is 0 Å². The van der Waals surface area contributed by atoms with Gasteiger partial charge in [-0.1, -0.05) is 13.8 Å². The van der Waals surface area contributed by atoms with Crippen molar-refractivity contribution in [2.24, 2.45) is 5.73 Å². The minimum absolute atomic E-state index is 0.0334. The lowest BCUT2D eigenvalue weighted by molar-refractivity contribution is -0.385. The van der Waals surface area contributed by atoms with Crippen molar-refractivity contribution in [3.63, 3.8) is 0 Å². The maximum Gasteiger partial charge on any atom is 0.282 e. The van der Waals surface area contributed by atoms with Crippen molar-refractivity contribution in [2.75, 3.05) is 13.7 Å². The molecular formula is C14H21N3O4. The lowest BCUT2D eigenvalue weighted by atomic mass is 9.94. The second kappa shape index (κ2) is 7.03. The van der Waals surface area contributed by atoms with Gasteiger partial charge >= 0.3 is 0 Å². The van der Waals surface area contributed by atoms with Crippen molar-refractivity contribution < 1.29 is 14.5 Å². The maximum atomic E-state index is 12.2. The molecule has 1 rings (SSSR count). The third kappa shape index (κ3) is 4.16. The third-order valence-electron chi connectivity index (χ3n) is 3.65. The average molecular weight is 295 g/mol. The molecule has 0 fully saturated rings. The van der Waals surface area contributed by atoms with Crippen LogP contribution in [0.5, 0.6) is 5.75 Å².